The van der Waals surface area contributed by atoms with E-state index < -0.39 is 0 Å². The molecule has 4 nitrogen and oxygen atoms in total. The zero-order valence-corrected chi connectivity index (χ0v) is 15.3. The number of benzene rings is 1. The van der Waals surface area contributed by atoms with Crippen molar-refractivity contribution in [1.29, 1.82) is 0 Å². The van der Waals surface area contributed by atoms with Gasteiger partial charge in [-0.3, -0.25) is 10.9 Å². The molecule has 1 saturated carbocycles. The average Bonchev–Trinajstić information content (AvgIpc) is 3.16. The van der Waals surface area contributed by atoms with Gasteiger partial charge in [-0.1, -0.05) is 18.2 Å². The van der Waals surface area contributed by atoms with Gasteiger partial charge in [-0.15, -0.1) is 11.8 Å². The molecule has 0 amide bonds. The van der Waals surface area contributed by atoms with Gasteiger partial charge in [0.05, 0.1) is 0 Å². The van der Waals surface area contributed by atoms with Crippen molar-refractivity contribution in [3.05, 3.63) is 36.4 Å². The lowest BCUT2D eigenvalue weighted by molar-refractivity contribution is 0.518. The van der Waals surface area contributed by atoms with E-state index in [4.69, 9.17) is 24.4 Å². The minimum atomic E-state index is 0.437. The molecular weight excluding hydrogens is 344 g/mol. The van der Waals surface area contributed by atoms with E-state index >= 15 is 0 Å². The van der Waals surface area contributed by atoms with E-state index in [1.165, 1.54) is 11.3 Å². The molecule has 3 rings (SSSR count). The Morgan fingerprint density at radius 2 is 1.96 bits per heavy atom. The first-order chi connectivity index (χ1) is 11.1. The van der Waals surface area contributed by atoms with Gasteiger partial charge in [-0.2, -0.15) is 0 Å². The highest BCUT2D eigenvalue weighted by Gasteiger charge is 2.35. The number of anilines is 1. The number of allylic oxidation sites excluding steroid dienone is 1. The second kappa shape index (κ2) is 7.51. The van der Waals surface area contributed by atoms with Crippen molar-refractivity contribution in [1.82, 2.24) is 16.2 Å². The van der Waals surface area contributed by atoms with Gasteiger partial charge in [0.15, 0.2) is 10.2 Å². The summed E-state index contributed by atoms with van der Waals surface area (Å²) in [6.07, 6.45) is 9.07. The lowest BCUT2D eigenvalue weighted by Crippen LogP contribution is -2.51. The summed E-state index contributed by atoms with van der Waals surface area (Å²) in [5.74, 6) is 1.33. The SMILES string of the molecule is CSc1cccc(NC(=S)NNC(=S)N[C@H]2C[C@@H]3C=C[C@H]2C3)c1. The minimum Gasteiger partial charge on any atom is -0.358 e. The van der Waals surface area contributed by atoms with Crippen LogP contribution in [0.4, 0.5) is 5.69 Å². The van der Waals surface area contributed by atoms with Crippen molar-refractivity contribution in [2.75, 3.05) is 11.6 Å². The zero-order chi connectivity index (χ0) is 16.2. The van der Waals surface area contributed by atoms with Gasteiger partial charge in [0.1, 0.15) is 0 Å². The number of nitrogens with one attached hydrogen (secondary N) is 4. The molecule has 4 N–H and O–H groups in total. The van der Waals surface area contributed by atoms with Gasteiger partial charge >= 0.3 is 0 Å². The molecule has 1 fully saturated rings. The van der Waals surface area contributed by atoms with Crippen LogP contribution in [0.5, 0.6) is 0 Å². The molecule has 0 aliphatic heterocycles. The van der Waals surface area contributed by atoms with E-state index in [0.29, 0.717) is 22.2 Å². The number of fused-ring (bicyclic) bond motifs is 2. The first-order valence-electron chi connectivity index (χ1n) is 7.60. The summed E-state index contributed by atoms with van der Waals surface area (Å²) in [7, 11) is 0. The predicted octanol–water partition coefficient (Wildman–Crippen LogP) is 3.04. The number of rotatable bonds is 3. The van der Waals surface area contributed by atoms with Crippen LogP contribution in [0.1, 0.15) is 12.8 Å². The topological polar surface area (TPSA) is 48.1 Å². The van der Waals surface area contributed by atoms with E-state index in [-0.39, 0.29) is 0 Å². The molecule has 0 saturated heterocycles. The summed E-state index contributed by atoms with van der Waals surface area (Å²) in [5, 5.41) is 7.57. The number of thioether (sulfide) groups is 1. The Hall–Kier alpha value is -1.31. The minimum absolute atomic E-state index is 0.437. The highest BCUT2D eigenvalue weighted by molar-refractivity contribution is 7.98. The number of hydrazine groups is 1. The van der Waals surface area contributed by atoms with Gasteiger partial charge in [0, 0.05) is 16.6 Å². The lowest BCUT2D eigenvalue weighted by atomic mass is 10.0. The van der Waals surface area contributed by atoms with E-state index in [2.05, 4.69) is 45.8 Å². The normalized spacial score (nSPS) is 24.3. The number of hydrogen-bond donors (Lipinski definition) is 4. The molecule has 2 bridgehead atoms. The zero-order valence-electron chi connectivity index (χ0n) is 12.8. The predicted molar refractivity (Wildman–Crippen MR) is 106 cm³/mol. The van der Waals surface area contributed by atoms with Gasteiger partial charge in [-0.05, 0) is 73.6 Å². The third kappa shape index (κ3) is 4.37. The Morgan fingerprint density at radius 1 is 1.13 bits per heavy atom. The van der Waals surface area contributed by atoms with Crippen molar-refractivity contribution >= 4 is 52.1 Å². The molecule has 7 heteroatoms. The first kappa shape index (κ1) is 16.5. The summed E-state index contributed by atoms with van der Waals surface area (Å²) >= 11 is 12.3. The van der Waals surface area contributed by atoms with Crippen molar-refractivity contribution in [2.45, 2.75) is 23.8 Å². The third-order valence-corrected chi connectivity index (χ3v) is 5.36. The monoisotopic (exact) mass is 364 g/mol. The van der Waals surface area contributed by atoms with Crippen molar-refractivity contribution in [3.63, 3.8) is 0 Å². The van der Waals surface area contributed by atoms with Crippen molar-refractivity contribution in [2.24, 2.45) is 11.8 Å². The first-order valence-corrected chi connectivity index (χ1v) is 9.64. The molecule has 0 radical (unpaired) electrons. The molecule has 0 spiro atoms. The molecule has 2 aliphatic carbocycles. The van der Waals surface area contributed by atoms with E-state index in [1.54, 1.807) is 11.8 Å². The van der Waals surface area contributed by atoms with E-state index in [9.17, 15) is 0 Å². The summed E-state index contributed by atoms with van der Waals surface area (Å²) in [6, 6.07) is 8.53. The van der Waals surface area contributed by atoms with Crippen LogP contribution < -0.4 is 21.5 Å². The van der Waals surface area contributed by atoms with Crippen LogP contribution in [0.25, 0.3) is 0 Å². The maximum atomic E-state index is 5.33. The van der Waals surface area contributed by atoms with Crippen LogP contribution in [0.3, 0.4) is 0 Å². The summed E-state index contributed by atoms with van der Waals surface area (Å²) in [5.41, 5.74) is 6.84. The maximum Gasteiger partial charge on any atom is 0.189 e. The van der Waals surface area contributed by atoms with Crippen LogP contribution in [-0.2, 0) is 0 Å². The highest BCUT2D eigenvalue weighted by Crippen LogP contribution is 2.38. The molecule has 1 aromatic carbocycles. The third-order valence-electron chi connectivity index (χ3n) is 4.21. The Morgan fingerprint density at radius 3 is 2.65 bits per heavy atom. The van der Waals surface area contributed by atoms with Crippen LogP contribution in [-0.4, -0.2) is 22.5 Å². The standard InChI is InChI=1S/C16H20N4S3/c1-23-13-4-2-3-12(9-13)17-15(21)19-20-16(22)18-14-8-10-5-6-11(14)7-10/h2-6,9-11,14H,7-8H2,1H3,(H2,17,19,21)(H2,18,20,22)/t10-,11+,14+/m1/s1. The lowest BCUT2D eigenvalue weighted by Gasteiger charge is -2.22. The summed E-state index contributed by atoms with van der Waals surface area (Å²) in [6.45, 7) is 0. The Bertz CT molecular complexity index is 632. The van der Waals surface area contributed by atoms with Crippen molar-refractivity contribution in [3.8, 4) is 0 Å². The molecule has 0 aromatic heterocycles. The largest absolute Gasteiger partial charge is 0.358 e. The van der Waals surface area contributed by atoms with Gasteiger partial charge in [0.25, 0.3) is 0 Å². The fourth-order valence-corrected chi connectivity index (χ4v) is 3.96. The van der Waals surface area contributed by atoms with Crippen LogP contribution >= 0.6 is 36.2 Å². The fraction of sp³-hybridized carbons (Fsp3) is 0.375. The number of hydrogen-bond acceptors (Lipinski definition) is 3. The molecule has 122 valence electrons. The van der Waals surface area contributed by atoms with E-state index in [0.717, 1.165) is 18.0 Å². The van der Waals surface area contributed by atoms with Crippen LogP contribution in [0.2, 0.25) is 0 Å². The van der Waals surface area contributed by atoms with Crippen LogP contribution in [0, 0.1) is 11.8 Å². The van der Waals surface area contributed by atoms with Crippen molar-refractivity contribution < 1.29 is 0 Å². The Kier molecular flexibility index (Phi) is 5.40. The molecule has 23 heavy (non-hydrogen) atoms. The smallest absolute Gasteiger partial charge is 0.189 e. The molecule has 0 heterocycles. The molecule has 3 atom stereocenters. The van der Waals surface area contributed by atoms with Crippen LogP contribution in [0.15, 0.2) is 41.3 Å². The Balaban J connectivity index is 1.41. The number of thiocarbonyl (C=S) groups is 2. The average molecular weight is 365 g/mol. The summed E-state index contributed by atoms with van der Waals surface area (Å²) in [4.78, 5) is 1.19. The molecular formula is C16H20N4S3. The highest BCUT2D eigenvalue weighted by atomic mass is 32.2. The Labute approximate surface area is 151 Å². The molecule has 0 unspecified atom stereocenters. The van der Waals surface area contributed by atoms with Gasteiger partial charge in [-0.25, -0.2) is 0 Å². The summed E-state index contributed by atoms with van der Waals surface area (Å²) < 4.78 is 0. The quantitative estimate of drug-likeness (QED) is 0.285. The van der Waals surface area contributed by atoms with Gasteiger partial charge in [0.2, 0.25) is 0 Å². The molecule has 1 aromatic rings. The fourth-order valence-electron chi connectivity index (χ4n) is 3.13. The second-order valence-corrected chi connectivity index (χ2v) is 7.49. The van der Waals surface area contributed by atoms with Gasteiger partial charge < -0.3 is 10.6 Å². The molecule has 2 aliphatic rings. The van der Waals surface area contributed by atoms with E-state index in [1.807, 2.05) is 18.4 Å². The maximum absolute atomic E-state index is 5.33. The second-order valence-electron chi connectivity index (χ2n) is 5.80.